The highest BCUT2D eigenvalue weighted by molar-refractivity contribution is 7.15. The number of hydrogen-bond donors (Lipinski definition) is 1. The molecule has 114 valence electrons. The molecule has 0 unspecified atom stereocenters. The van der Waals surface area contributed by atoms with Crippen LogP contribution in [0.15, 0.2) is 47.3 Å². The van der Waals surface area contributed by atoms with Crippen LogP contribution >= 0.6 is 11.3 Å². The summed E-state index contributed by atoms with van der Waals surface area (Å²) in [5, 5.41) is 10.0. The molecule has 0 aliphatic rings. The van der Waals surface area contributed by atoms with Crippen molar-refractivity contribution in [2.75, 3.05) is 7.11 Å². The van der Waals surface area contributed by atoms with Crippen molar-refractivity contribution in [1.82, 2.24) is 9.38 Å². The van der Waals surface area contributed by atoms with Crippen LogP contribution in [0.25, 0.3) is 22.1 Å². The molecule has 0 bridgehead atoms. The fraction of sp³-hybridized carbons (Fsp3) is 0.0588. The molecule has 1 N–H and O–H groups in total. The first-order chi connectivity index (χ1) is 11.2. The highest BCUT2D eigenvalue weighted by atomic mass is 32.1. The summed E-state index contributed by atoms with van der Waals surface area (Å²) in [6, 6.07) is 12.5. The number of fused-ring (bicyclic) bond motifs is 3. The van der Waals surface area contributed by atoms with E-state index in [1.807, 2.05) is 24.3 Å². The minimum atomic E-state index is -0.131. The van der Waals surface area contributed by atoms with Crippen molar-refractivity contribution < 1.29 is 9.84 Å². The lowest BCUT2D eigenvalue weighted by Crippen LogP contribution is -2.22. The van der Waals surface area contributed by atoms with E-state index in [4.69, 9.17) is 4.74 Å². The summed E-state index contributed by atoms with van der Waals surface area (Å²) in [4.78, 5) is 17.8. The molecule has 6 heteroatoms. The van der Waals surface area contributed by atoms with Gasteiger partial charge in [-0.2, -0.15) is 0 Å². The monoisotopic (exact) mass is 324 g/mol. The first-order valence-corrected chi connectivity index (χ1v) is 7.78. The number of hydrogen-bond acceptors (Lipinski definition) is 5. The Kier molecular flexibility index (Phi) is 3.06. The van der Waals surface area contributed by atoms with Crippen molar-refractivity contribution in [2.45, 2.75) is 0 Å². The predicted molar refractivity (Wildman–Crippen MR) is 90.3 cm³/mol. The molecular weight excluding hydrogens is 312 g/mol. The van der Waals surface area contributed by atoms with Gasteiger partial charge in [0.15, 0.2) is 4.96 Å². The molecule has 0 saturated heterocycles. The highest BCUT2D eigenvalue weighted by Crippen LogP contribution is 2.24. The number of phenolic OH excluding ortho intramolecular Hbond substituents is 1. The Labute approximate surface area is 134 Å². The van der Waals surface area contributed by atoms with Crippen LogP contribution in [-0.2, 0) is 0 Å². The van der Waals surface area contributed by atoms with Gasteiger partial charge in [-0.1, -0.05) is 23.5 Å². The largest absolute Gasteiger partial charge is 0.507 e. The lowest BCUT2D eigenvalue weighted by atomic mass is 10.2. The zero-order chi connectivity index (χ0) is 16.0. The minimum absolute atomic E-state index is 0.0691. The average Bonchev–Trinajstić information content (AvgIpc) is 3.06. The van der Waals surface area contributed by atoms with Crippen LogP contribution in [0, 0.1) is 0 Å². The molecule has 0 aliphatic carbocycles. The zero-order valence-corrected chi connectivity index (χ0v) is 13.0. The highest BCUT2D eigenvalue weighted by Gasteiger charge is 2.11. The summed E-state index contributed by atoms with van der Waals surface area (Å²) in [6.07, 6.45) is 1.67. The van der Waals surface area contributed by atoms with Crippen LogP contribution in [0.2, 0.25) is 0 Å². The van der Waals surface area contributed by atoms with Crippen LogP contribution in [-0.4, -0.2) is 21.6 Å². The molecule has 5 nitrogen and oxygen atoms in total. The number of para-hydroxylation sites is 2. The van der Waals surface area contributed by atoms with Crippen molar-refractivity contribution in [3.63, 3.8) is 0 Å². The van der Waals surface area contributed by atoms with Crippen LogP contribution in [0.5, 0.6) is 11.5 Å². The van der Waals surface area contributed by atoms with Crippen molar-refractivity contribution >= 4 is 33.4 Å². The first-order valence-electron chi connectivity index (χ1n) is 6.96. The first kappa shape index (κ1) is 13.8. The Bertz CT molecular complexity index is 1140. The normalized spacial score (nSPS) is 12.3. The SMILES string of the molecule is COc1ccc(C=c2sc3nc4ccccc4n3c2=O)c(O)c1. The molecule has 0 saturated carbocycles. The number of thiazole rings is 1. The smallest absolute Gasteiger partial charge is 0.274 e. The van der Waals surface area contributed by atoms with E-state index in [1.54, 1.807) is 22.6 Å². The third kappa shape index (κ3) is 2.15. The number of aromatic hydroxyl groups is 1. The van der Waals surface area contributed by atoms with E-state index in [-0.39, 0.29) is 11.3 Å². The number of rotatable bonds is 2. The average molecular weight is 324 g/mol. The van der Waals surface area contributed by atoms with Gasteiger partial charge in [0, 0.05) is 11.6 Å². The lowest BCUT2D eigenvalue weighted by molar-refractivity contribution is 0.407. The van der Waals surface area contributed by atoms with E-state index in [0.717, 1.165) is 11.0 Å². The Balaban J connectivity index is 1.96. The summed E-state index contributed by atoms with van der Waals surface area (Å²) in [5.41, 5.74) is 2.03. The Morgan fingerprint density at radius 1 is 1.26 bits per heavy atom. The van der Waals surface area contributed by atoms with E-state index in [9.17, 15) is 9.90 Å². The van der Waals surface area contributed by atoms with Gasteiger partial charge in [0.1, 0.15) is 11.5 Å². The maximum atomic E-state index is 12.6. The Morgan fingerprint density at radius 3 is 2.87 bits per heavy atom. The molecule has 4 aromatic rings. The molecule has 4 rings (SSSR count). The fourth-order valence-corrected chi connectivity index (χ4v) is 3.50. The van der Waals surface area contributed by atoms with Gasteiger partial charge in [0.25, 0.3) is 5.56 Å². The number of benzene rings is 2. The number of ether oxygens (including phenoxy) is 1. The van der Waals surface area contributed by atoms with Gasteiger partial charge in [0.2, 0.25) is 0 Å². The molecule has 0 radical (unpaired) electrons. The molecule has 2 aromatic heterocycles. The van der Waals surface area contributed by atoms with Gasteiger partial charge in [-0.3, -0.25) is 4.79 Å². The fourth-order valence-electron chi connectivity index (χ4n) is 2.53. The number of nitrogens with zero attached hydrogens (tertiary/aromatic N) is 2. The summed E-state index contributed by atoms with van der Waals surface area (Å²) in [5.74, 6) is 0.633. The molecule has 0 amide bonds. The standard InChI is InChI=1S/C17H12N2O3S/c1-22-11-7-6-10(14(20)9-11)8-15-16(21)19-13-5-3-2-4-12(13)18-17(19)23-15/h2-9,20H,1H3. The number of aromatic nitrogens is 2. The summed E-state index contributed by atoms with van der Waals surface area (Å²) in [6.45, 7) is 0. The minimum Gasteiger partial charge on any atom is -0.507 e. The molecule has 0 fully saturated rings. The second-order valence-corrected chi connectivity index (χ2v) is 6.07. The van der Waals surface area contributed by atoms with Crippen LogP contribution in [0.4, 0.5) is 0 Å². The molecular formula is C17H12N2O3S. The van der Waals surface area contributed by atoms with Gasteiger partial charge in [-0.05, 0) is 30.3 Å². The van der Waals surface area contributed by atoms with Gasteiger partial charge < -0.3 is 9.84 Å². The van der Waals surface area contributed by atoms with Crippen molar-refractivity contribution in [3.05, 3.63) is 62.9 Å². The van der Waals surface area contributed by atoms with Gasteiger partial charge in [-0.15, -0.1) is 0 Å². The zero-order valence-electron chi connectivity index (χ0n) is 12.2. The van der Waals surface area contributed by atoms with Crippen LogP contribution < -0.4 is 14.8 Å². The summed E-state index contributed by atoms with van der Waals surface area (Å²) in [7, 11) is 1.54. The van der Waals surface area contributed by atoms with E-state index in [0.29, 0.717) is 20.8 Å². The molecule has 2 heterocycles. The van der Waals surface area contributed by atoms with E-state index >= 15 is 0 Å². The van der Waals surface area contributed by atoms with Crippen molar-refractivity contribution in [1.29, 1.82) is 0 Å². The Hall–Kier alpha value is -2.86. The second kappa shape index (κ2) is 5.10. The van der Waals surface area contributed by atoms with Gasteiger partial charge in [0.05, 0.1) is 22.7 Å². The quantitative estimate of drug-likeness (QED) is 0.614. The van der Waals surface area contributed by atoms with E-state index in [1.165, 1.54) is 24.5 Å². The summed E-state index contributed by atoms with van der Waals surface area (Å²) >= 11 is 1.30. The van der Waals surface area contributed by atoms with Crippen LogP contribution in [0.3, 0.4) is 0 Å². The number of phenols is 1. The van der Waals surface area contributed by atoms with E-state index < -0.39 is 0 Å². The lowest BCUT2D eigenvalue weighted by Gasteiger charge is -2.02. The molecule has 2 aromatic carbocycles. The third-order valence-corrected chi connectivity index (χ3v) is 4.64. The van der Waals surface area contributed by atoms with Crippen molar-refractivity contribution in [2.24, 2.45) is 0 Å². The Morgan fingerprint density at radius 2 is 2.09 bits per heavy atom. The topological polar surface area (TPSA) is 63.8 Å². The molecule has 0 atom stereocenters. The van der Waals surface area contributed by atoms with Crippen LogP contribution in [0.1, 0.15) is 5.56 Å². The third-order valence-electron chi connectivity index (χ3n) is 3.67. The molecule has 0 spiro atoms. The van der Waals surface area contributed by atoms with Gasteiger partial charge in [-0.25, -0.2) is 9.38 Å². The van der Waals surface area contributed by atoms with E-state index in [2.05, 4.69) is 4.98 Å². The molecule has 23 heavy (non-hydrogen) atoms. The second-order valence-electron chi connectivity index (χ2n) is 5.06. The van der Waals surface area contributed by atoms with Gasteiger partial charge >= 0.3 is 0 Å². The maximum absolute atomic E-state index is 12.6. The maximum Gasteiger partial charge on any atom is 0.274 e. The van der Waals surface area contributed by atoms with Crippen molar-refractivity contribution in [3.8, 4) is 11.5 Å². The predicted octanol–water partition coefficient (Wildman–Crippen LogP) is 2.17. The number of methoxy groups -OCH3 is 1. The summed E-state index contributed by atoms with van der Waals surface area (Å²) < 4.78 is 7.19. The number of imidazole rings is 1. The molecule has 0 aliphatic heterocycles.